The minimum Gasteiger partial charge on any atom is -0.497 e. The third kappa shape index (κ3) is 5.91. The number of thiazole rings is 1. The van der Waals surface area contributed by atoms with Gasteiger partial charge in [0.2, 0.25) is 10.0 Å². The van der Waals surface area contributed by atoms with Crippen LogP contribution < -0.4 is 25.2 Å². The molecular formula is C18H23N5O6S2. The third-order valence-corrected chi connectivity index (χ3v) is 6.86. The lowest BCUT2D eigenvalue weighted by atomic mass is 10.3. The summed E-state index contributed by atoms with van der Waals surface area (Å²) in [5.74, 6) is -0.824. The number of methoxy groups -OCH3 is 1. The van der Waals surface area contributed by atoms with Gasteiger partial charge in [-0.25, -0.2) is 13.4 Å². The first kappa shape index (κ1) is 22.9. The molecule has 1 aliphatic rings. The van der Waals surface area contributed by atoms with Crippen molar-refractivity contribution in [3.8, 4) is 5.75 Å². The number of sulfonamides is 1. The highest BCUT2D eigenvalue weighted by molar-refractivity contribution is 7.89. The molecule has 31 heavy (non-hydrogen) atoms. The molecule has 1 fully saturated rings. The lowest BCUT2D eigenvalue weighted by Gasteiger charge is -2.25. The van der Waals surface area contributed by atoms with Gasteiger partial charge in [0.1, 0.15) is 11.4 Å². The van der Waals surface area contributed by atoms with E-state index in [1.54, 1.807) is 5.38 Å². The van der Waals surface area contributed by atoms with Crippen molar-refractivity contribution in [2.75, 3.05) is 38.3 Å². The number of nitrogens with one attached hydrogen (secondary N) is 3. The van der Waals surface area contributed by atoms with Crippen molar-refractivity contribution in [2.24, 2.45) is 0 Å². The number of nitrogens with zero attached hydrogens (tertiary/aromatic N) is 2. The Hall–Kier alpha value is -2.74. The van der Waals surface area contributed by atoms with Crippen molar-refractivity contribution in [3.63, 3.8) is 0 Å². The summed E-state index contributed by atoms with van der Waals surface area (Å²) in [5.41, 5.74) is 4.61. The zero-order valence-electron chi connectivity index (χ0n) is 17.0. The van der Waals surface area contributed by atoms with Crippen LogP contribution >= 0.6 is 11.3 Å². The molecule has 1 aromatic heterocycles. The molecule has 1 atom stereocenters. The minimum atomic E-state index is -3.93. The molecule has 0 radical (unpaired) electrons. The molecule has 13 heteroatoms. The second kappa shape index (κ2) is 10.0. The SMILES string of the molecule is COc1ccc(S(=O)(=O)N[C@@H](C)C(=O)NNC(=O)c2csc(N3CCOCC3)n2)cc1. The number of hydrazine groups is 1. The first-order chi connectivity index (χ1) is 14.8. The Bertz CT molecular complexity index is 1020. The number of hydrogen-bond acceptors (Lipinski definition) is 9. The Labute approximate surface area is 183 Å². The first-order valence-corrected chi connectivity index (χ1v) is 11.7. The topological polar surface area (TPSA) is 139 Å². The van der Waals surface area contributed by atoms with Gasteiger partial charge in [0.15, 0.2) is 5.13 Å². The lowest BCUT2D eigenvalue weighted by molar-refractivity contribution is -0.123. The highest BCUT2D eigenvalue weighted by Crippen LogP contribution is 2.21. The Balaban J connectivity index is 1.52. The summed E-state index contributed by atoms with van der Waals surface area (Å²) in [6.45, 7) is 3.94. The number of aromatic nitrogens is 1. The third-order valence-electron chi connectivity index (χ3n) is 4.40. The van der Waals surface area contributed by atoms with Crippen LogP contribution in [0.5, 0.6) is 5.75 Å². The molecule has 2 aromatic rings. The monoisotopic (exact) mass is 469 g/mol. The second-order valence-corrected chi connectivity index (χ2v) is 9.13. The Kier molecular flexibility index (Phi) is 7.43. The maximum absolute atomic E-state index is 12.4. The summed E-state index contributed by atoms with van der Waals surface area (Å²) in [6.07, 6.45) is 0. The van der Waals surface area contributed by atoms with E-state index in [1.807, 2.05) is 4.90 Å². The van der Waals surface area contributed by atoms with Gasteiger partial charge in [0.25, 0.3) is 11.8 Å². The molecule has 1 aliphatic heterocycles. The average Bonchev–Trinajstić information content (AvgIpc) is 3.28. The standard InChI is InChI=1S/C18H23N5O6S2/c1-12(22-31(26,27)14-5-3-13(28-2)4-6-14)16(24)20-21-17(25)15-11-30-18(19-15)23-7-9-29-10-8-23/h3-6,11-12,22H,7-10H2,1-2H3,(H,20,24)(H,21,25)/t12-/m0/s1. The fourth-order valence-corrected chi connectivity index (χ4v) is 4.73. The van der Waals surface area contributed by atoms with E-state index in [9.17, 15) is 18.0 Å². The predicted molar refractivity (Wildman–Crippen MR) is 114 cm³/mol. The van der Waals surface area contributed by atoms with Crippen molar-refractivity contribution in [3.05, 3.63) is 35.3 Å². The van der Waals surface area contributed by atoms with Crippen LogP contribution in [0.1, 0.15) is 17.4 Å². The van der Waals surface area contributed by atoms with E-state index in [4.69, 9.17) is 9.47 Å². The van der Waals surface area contributed by atoms with E-state index in [1.165, 1.54) is 49.6 Å². The van der Waals surface area contributed by atoms with Crippen LogP contribution in [0.4, 0.5) is 5.13 Å². The van der Waals surface area contributed by atoms with Crippen molar-refractivity contribution in [1.29, 1.82) is 0 Å². The molecule has 0 saturated carbocycles. The van der Waals surface area contributed by atoms with E-state index >= 15 is 0 Å². The number of benzene rings is 1. The van der Waals surface area contributed by atoms with Crippen LogP contribution in [-0.2, 0) is 19.6 Å². The second-order valence-electron chi connectivity index (χ2n) is 6.58. The van der Waals surface area contributed by atoms with E-state index < -0.39 is 27.9 Å². The van der Waals surface area contributed by atoms with Crippen LogP contribution in [0.2, 0.25) is 0 Å². The van der Waals surface area contributed by atoms with E-state index in [0.717, 1.165) is 0 Å². The normalized spacial score (nSPS) is 15.2. The molecule has 2 heterocycles. The molecule has 1 aromatic carbocycles. The number of rotatable bonds is 7. The predicted octanol–water partition coefficient (Wildman–Crippen LogP) is 0.116. The van der Waals surface area contributed by atoms with Crippen LogP contribution in [-0.4, -0.2) is 64.7 Å². The molecule has 0 spiro atoms. The van der Waals surface area contributed by atoms with Crippen LogP contribution in [0.3, 0.4) is 0 Å². The van der Waals surface area contributed by atoms with Crippen molar-refractivity contribution < 1.29 is 27.5 Å². The van der Waals surface area contributed by atoms with Gasteiger partial charge in [-0.1, -0.05) is 0 Å². The Morgan fingerprint density at radius 3 is 2.52 bits per heavy atom. The molecule has 3 rings (SSSR count). The number of hydrogen-bond donors (Lipinski definition) is 3. The molecule has 0 unspecified atom stereocenters. The Morgan fingerprint density at radius 1 is 1.19 bits per heavy atom. The first-order valence-electron chi connectivity index (χ1n) is 9.35. The maximum atomic E-state index is 12.4. The number of carbonyl (C=O) groups is 2. The van der Waals surface area contributed by atoms with Gasteiger partial charge >= 0.3 is 0 Å². The molecule has 0 bridgehead atoms. The number of anilines is 1. The smallest absolute Gasteiger partial charge is 0.289 e. The lowest BCUT2D eigenvalue weighted by Crippen LogP contribution is -2.51. The summed E-state index contributed by atoms with van der Waals surface area (Å²) in [4.78, 5) is 30.8. The van der Waals surface area contributed by atoms with Crippen LogP contribution in [0, 0.1) is 0 Å². The zero-order chi connectivity index (χ0) is 22.4. The van der Waals surface area contributed by atoms with Crippen molar-refractivity contribution in [1.82, 2.24) is 20.6 Å². The number of ether oxygens (including phenoxy) is 2. The van der Waals surface area contributed by atoms with Crippen LogP contribution in [0.25, 0.3) is 0 Å². The fourth-order valence-electron chi connectivity index (χ4n) is 2.67. The average molecular weight is 470 g/mol. The van der Waals surface area contributed by atoms with Gasteiger partial charge < -0.3 is 14.4 Å². The van der Waals surface area contributed by atoms with Crippen molar-refractivity contribution >= 4 is 38.3 Å². The van der Waals surface area contributed by atoms with Gasteiger partial charge in [-0.05, 0) is 31.2 Å². The Morgan fingerprint density at radius 2 is 1.87 bits per heavy atom. The number of carbonyl (C=O) groups excluding carboxylic acids is 2. The quantitative estimate of drug-likeness (QED) is 0.486. The summed E-state index contributed by atoms with van der Waals surface area (Å²) in [6, 6.07) is 4.59. The highest BCUT2D eigenvalue weighted by atomic mass is 32.2. The summed E-state index contributed by atoms with van der Waals surface area (Å²) >= 11 is 1.32. The van der Waals surface area contributed by atoms with Crippen LogP contribution in [0.15, 0.2) is 34.5 Å². The van der Waals surface area contributed by atoms with Gasteiger partial charge in [-0.3, -0.25) is 20.4 Å². The van der Waals surface area contributed by atoms with E-state index in [2.05, 4.69) is 20.6 Å². The number of amides is 2. The summed E-state index contributed by atoms with van der Waals surface area (Å²) < 4.78 is 37.4. The summed E-state index contributed by atoms with van der Waals surface area (Å²) in [7, 11) is -2.47. The van der Waals surface area contributed by atoms with Gasteiger partial charge in [-0.15, -0.1) is 11.3 Å². The molecule has 3 N–H and O–H groups in total. The van der Waals surface area contributed by atoms with Gasteiger partial charge in [0, 0.05) is 18.5 Å². The molecule has 168 valence electrons. The van der Waals surface area contributed by atoms with Gasteiger partial charge in [0.05, 0.1) is 31.3 Å². The molecule has 11 nitrogen and oxygen atoms in total. The maximum Gasteiger partial charge on any atom is 0.289 e. The fraction of sp³-hybridized carbons (Fsp3) is 0.389. The largest absolute Gasteiger partial charge is 0.497 e. The number of morpholine rings is 1. The van der Waals surface area contributed by atoms with Crippen molar-refractivity contribution in [2.45, 2.75) is 17.9 Å². The van der Waals surface area contributed by atoms with E-state index in [-0.39, 0.29) is 10.6 Å². The van der Waals surface area contributed by atoms with E-state index in [0.29, 0.717) is 37.2 Å². The molecule has 2 amide bonds. The summed E-state index contributed by atoms with van der Waals surface area (Å²) in [5, 5.41) is 2.28. The van der Waals surface area contributed by atoms with Gasteiger partial charge in [-0.2, -0.15) is 4.72 Å². The molecule has 0 aliphatic carbocycles. The zero-order valence-corrected chi connectivity index (χ0v) is 18.6. The highest BCUT2D eigenvalue weighted by Gasteiger charge is 2.23. The molecule has 1 saturated heterocycles. The minimum absolute atomic E-state index is 0.0184. The molecular weight excluding hydrogens is 446 g/mol.